The van der Waals surface area contributed by atoms with Crippen molar-refractivity contribution >= 4 is 29.9 Å². The third kappa shape index (κ3) is 8.37. The molecule has 5 nitrogen and oxygen atoms in total. The first-order valence-electron chi connectivity index (χ1n) is 6.43. The van der Waals surface area contributed by atoms with Gasteiger partial charge in [0.25, 0.3) is 0 Å². The predicted molar refractivity (Wildman–Crippen MR) is 83.1 cm³/mol. The van der Waals surface area contributed by atoms with Crippen LogP contribution in [0.1, 0.15) is 20.3 Å². The molecule has 0 radical (unpaired) electrons. The van der Waals surface area contributed by atoms with Crippen LogP contribution in [0.25, 0.3) is 0 Å². The van der Waals surface area contributed by atoms with E-state index in [9.17, 15) is 9.59 Å². The van der Waals surface area contributed by atoms with E-state index >= 15 is 0 Å². The van der Waals surface area contributed by atoms with Gasteiger partial charge in [0.05, 0.1) is 6.54 Å². The van der Waals surface area contributed by atoms with Crippen molar-refractivity contribution in [2.24, 2.45) is 0 Å². The number of hydrogen-bond donors (Lipinski definition) is 3. The van der Waals surface area contributed by atoms with Crippen LogP contribution in [0.15, 0.2) is 30.3 Å². The summed E-state index contributed by atoms with van der Waals surface area (Å²) in [5, 5.41) is 8.47. The Bertz CT molecular complexity index is 410. The second kappa shape index (κ2) is 10.1. The van der Waals surface area contributed by atoms with Crippen molar-refractivity contribution in [1.29, 1.82) is 0 Å². The van der Waals surface area contributed by atoms with Gasteiger partial charge in [-0.3, -0.25) is 9.59 Å². The molecule has 0 spiro atoms. The number of hydrogen-bond acceptors (Lipinski definition) is 3. The third-order valence-corrected chi connectivity index (χ3v) is 2.35. The molecule has 6 heteroatoms. The summed E-state index contributed by atoms with van der Waals surface area (Å²) in [4.78, 5) is 22.9. The van der Waals surface area contributed by atoms with Crippen LogP contribution in [0, 0.1) is 0 Å². The maximum Gasteiger partial charge on any atom is 0.239 e. The average molecular weight is 300 g/mol. The van der Waals surface area contributed by atoms with Crippen LogP contribution in [0.4, 0.5) is 5.69 Å². The number of amides is 2. The molecule has 1 rings (SSSR count). The van der Waals surface area contributed by atoms with Gasteiger partial charge in [0.1, 0.15) is 0 Å². The molecule has 0 aliphatic heterocycles. The maximum atomic E-state index is 11.5. The summed E-state index contributed by atoms with van der Waals surface area (Å²) in [7, 11) is 0. The highest BCUT2D eigenvalue weighted by atomic mass is 35.5. The second-order valence-electron chi connectivity index (χ2n) is 4.54. The van der Waals surface area contributed by atoms with Crippen molar-refractivity contribution in [3.63, 3.8) is 0 Å². The zero-order valence-electron chi connectivity index (χ0n) is 11.8. The normalized spacial score (nSPS) is 9.55. The van der Waals surface area contributed by atoms with Crippen molar-refractivity contribution in [2.75, 3.05) is 18.4 Å². The largest absolute Gasteiger partial charge is 0.376 e. The highest BCUT2D eigenvalue weighted by molar-refractivity contribution is 5.85. The Morgan fingerprint density at radius 3 is 2.35 bits per heavy atom. The van der Waals surface area contributed by atoms with Crippen molar-refractivity contribution in [2.45, 2.75) is 26.3 Å². The molecule has 0 unspecified atom stereocenters. The van der Waals surface area contributed by atoms with Crippen LogP contribution in [0.2, 0.25) is 0 Å². The van der Waals surface area contributed by atoms with E-state index in [4.69, 9.17) is 0 Å². The molecule has 1 aromatic rings. The monoisotopic (exact) mass is 299 g/mol. The smallest absolute Gasteiger partial charge is 0.239 e. The van der Waals surface area contributed by atoms with Crippen LogP contribution in [0.5, 0.6) is 0 Å². The lowest BCUT2D eigenvalue weighted by molar-refractivity contribution is -0.122. The number of nitrogens with one attached hydrogen (secondary N) is 3. The first-order valence-corrected chi connectivity index (χ1v) is 6.43. The van der Waals surface area contributed by atoms with E-state index in [0.29, 0.717) is 13.0 Å². The molecular formula is C14H22ClN3O2. The molecule has 0 heterocycles. The molecule has 0 atom stereocenters. The van der Waals surface area contributed by atoms with E-state index in [-0.39, 0.29) is 36.8 Å². The predicted octanol–water partition coefficient (Wildman–Crippen LogP) is 1.55. The van der Waals surface area contributed by atoms with E-state index in [1.54, 1.807) is 0 Å². The van der Waals surface area contributed by atoms with Crippen molar-refractivity contribution in [3.8, 4) is 0 Å². The molecule has 1 aromatic carbocycles. The number of carbonyl (C=O) groups is 2. The fraction of sp³-hybridized carbons (Fsp3) is 0.429. The van der Waals surface area contributed by atoms with Gasteiger partial charge in [-0.2, -0.15) is 0 Å². The summed E-state index contributed by atoms with van der Waals surface area (Å²) in [6.07, 6.45) is 0.301. The van der Waals surface area contributed by atoms with Gasteiger partial charge in [-0.1, -0.05) is 18.2 Å². The van der Waals surface area contributed by atoms with Crippen LogP contribution in [0.3, 0.4) is 0 Å². The number of anilines is 1. The lowest BCUT2D eigenvalue weighted by Crippen LogP contribution is -2.35. The number of halogens is 1. The van der Waals surface area contributed by atoms with Gasteiger partial charge in [-0.25, -0.2) is 0 Å². The Balaban J connectivity index is 0.00000361. The minimum Gasteiger partial charge on any atom is -0.376 e. The first kappa shape index (κ1) is 18.2. The maximum absolute atomic E-state index is 11.5. The summed E-state index contributed by atoms with van der Waals surface area (Å²) < 4.78 is 0. The van der Waals surface area contributed by atoms with Crippen LogP contribution in [-0.2, 0) is 9.59 Å². The van der Waals surface area contributed by atoms with Crippen LogP contribution in [-0.4, -0.2) is 30.9 Å². The molecule has 0 aliphatic rings. The molecule has 20 heavy (non-hydrogen) atoms. The van der Waals surface area contributed by atoms with Gasteiger partial charge in [-0.15, -0.1) is 12.4 Å². The number of carbonyl (C=O) groups excluding carboxylic acids is 2. The van der Waals surface area contributed by atoms with Gasteiger partial charge >= 0.3 is 0 Å². The zero-order chi connectivity index (χ0) is 14.1. The molecule has 2 amide bonds. The minimum absolute atomic E-state index is 0. The molecular weight excluding hydrogens is 278 g/mol. The molecule has 0 saturated heterocycles. The number of benzene rings is 1. The molecule has 0 saturated carbocycles. The van der Waals surface area contributed by atoms with Gasteiger partial charge in [0, 0.05) is 24.7 Å². The molecule has 3 N–H and O–H groups in total. The average Bonchev–Trinajstić information content (AvgIpc) is 2.36. The van der Waals surface area contributed by atoms with E-state index in [1.165, 1.54) is 0 Å². The topological polar surface area (TPSA) is 70.2 Å². The molecule has 0 bridgehead atoms. The SMILES string of the molecule is CC(C)NC(=O)CCNC(=O)CNc1ccccc1.Cl. The van der Waals surface area contributed by atoms with E-state index in [0.717, 1.165) is 5.69 Å². The highest BCUT2D eigenvalue weighted by Gasteiger charge is 2.04. The summed E-state index contributed by atoms with van der Waals surface area (Å²) in [6, 6.07) is 9.63. The van der Waals surface area contributed by atoms with Crippen molar-refractivity contribution in [3.05, 3.63) is 30.3 Å². The van der Waals surface area contributed by atoms with Crippen molar-refractivity contribution < 1.29 is 9.59 Å². The Morgan fingerprint density at radius 2 is 1.75 bits per heavy atom. The molecule has 0 aliphatic carbocycles. The highest BCUT2D eigenvalue weighted by Crippen LogP contribution is 2.03. The summed E-state index contributed by atoms with van der Waals surface area (Å²) in [5.41, 5.74) is 0.898. The van der Waals surface area contributed by atoms with E-state index < -0.39 is 0 Å². The summed E-state index contributed by atoms with van der Waals surface area (Å²) in [5.74, 6) is -0.174. The number of rotatable bonds is 7. The molecule has 0 aromatic heterocycles. The van der Waals surface area contributed by atoms with Gasteiger partial charge in [0.2, 0.25) is 11.8 Å². The van der Waals surface area contributed by atoms with E-state index in [1.807, 2.05) is 44.2 Å². The molecule has 0 fully saturated rings. The Kier molecular flexibility index (Phi) is 9.20. The van der Waals surface area contributed by atoms with E-state index in [2.05, 4.69) is 16.0 Å². The Morgan fingerprint density at radius 1 is 1.10 bits per heavy atom. The summed E-state index contributed by atoms with van der Waals surface area (Å²) in [6.45, 7) is 4.37. The minimum atomic E-state index is -0.124. The third-order valence-electron chi connectivity index (χ3n) is 2.35. The fourth-order valence-electron chi connectivity index (χ4n) is 1.51. The fourth-order valence-corrected chi connectivity index (χ4v) is 1.51. The lowest BCUT2D eigenvalue weighted by Gasteiger charge is -2.09. The first-order chi connectivity index (χ1) is 9.08. The van der Waals surface area contributed by atoms with Crippen molar-refractivity contribution in [1.82, 2.24) is 10.6 Å². The lowest BCUT2D eigenvalue weighted by atomic mass is 10.3. The summed E-state index contributed by atoms with van der Waals surface area (Å²) >= 11 is 0. The van der Waals surface area contributed by atoms with Gasteiger partial charge in [-0.05, 0) is 26.0 Å². The molecule has 112 valence electrons. The van der Waals surface area contributed by atoms with Gasteiger partial charge in [0.15, 0.2) is 0 Å². The zero-order valence-corrected chi connectivity index (χ0v) is 12.6. The standard InChI is InChI=1S/C14H21N3O2.ClH/c1-11(2)17-13(18)8-9-15-14(19)10-16-12-6-4-3-5-7-12;/h3-7,11,16H,8-10H2,1-2H3,(H,15,19)(H,17,18);1H. The quantitative estimate of drug-likeness (QED) is 0.715. The van der Waals surface area contributed by atoms with Crippen LogP contribution < -0.4 is 16.0 Å². The van der Waals surface area contributed by atoms with Gasteiger partial charge < -0.3 is 16.0 Å². The van der Waals surface area contributed by atoms with Crippen LogP contribution >= 0.6 is 12.4 Å². The second-order valence-corrected chi connectivity index (χ2v) is 4.54. The Labute approximate surface area is 125 Å². The Hall–Kier alpha value is -1.75. The number of para-hydroxylation sites is 1.